The smallest absolute Gasteiger partial charge is 0.293 e. The van der Waals surface area contributed by atoms with Crippen LogP contribution >= 0.6 is 12.2 Å². The number of anilines is 1. The molecule has 0 saturated carbocycles. The van der Waals surface area contributed by atoms with Gasteiger partial charge in [-0.25, -0.2) is 4.98 Å². The second kappa shape index (κ2) is 8.51. The molecule has 7 heteroatoms. The van der Waals surface area contributed by atoms with E-state index < -0.39 is 5.91 Å². The van der Waals surface area contributed by atoms with E-state index in [2.05, 4.69) is 41.6 Å². The van der Waals surface area contributed by atoms with Gasteiger partial charge in [0.25, 0.3) is 5.91 Å². The van der Waals surface area contributed by atoms with Gasteiger partial charge in [0.2, 0.25) is 5.89 Å². The van der Waals surface area contributed by atoms with Crippen molar-refractivity contribution >= 4 is 40.0 Å². The first-order chi connectivity index (χ1) is 14.5. The molecule has 0 aliphatic heterocycles. The lowest BCUT2D eigenvalue weighted by Crippen LogP contribution is -2.33. The molecule has 4 rings (SSSR count). The monoisotopic (exact) mass is 419 g/mol. The van der Waals surface area contributed by atoms with Crippen LogP contribution in [-0.2, 0) is 0 Å². The van der Waals surface area contributed by atoms with Crippen molar-refractivity contribution in [3.8, 4) is 11.5 Å². The van der Waals surface area contributed by atoms with Gasteiger partial charge in [-0.3, -0.25) is 10.1 Å². The predicted molar refractivity (Wildman–Crippen MR) is 121 cm³/mol. The molecular weight excluding hydrogens is 398 g/mol. The van der Waals surface area contributed by atoms with Gasteiger partial charge < -0.3 is 14.2 Å². The topological polar surface area (TPSA) is 80.3 Å². The lowest BCUT2D eigenvalue weighted by molar-refractivity contribution is 0.0950. The fraction of sp³-hybridized carbons (Fsp3) is 0.174. The summed E-state index contributed by atoms with van der Waals surface area (Å²) in [6.07, 6.45) is 2.51. The van der Waals surface area contributed by atoms with Gasteiger partial charge in [-0.05, 0) is 78.7 Å². The number of thiocarbonyl (C=S) groups is 1. The van der Waals surface area contributed by atoms with Gasteiger partial charge in [0.1, 0.15) is 5.52 Å². The highest BCUT2D eigenvalue weighted by atomic mass is 32.1. The Balaban J connectivity index is 1.45. The number of carbonyl (C=O) groups is 1. The molecule has 0 aliphatic rings. The van der Waals surface area contributed by atoms with Gasteiger partial charge in [-0.2, -0.15) is 0 Å². The maximum absolute atomic E-state index is 12.0. The van der Waals surface area contributed by atoms with Crippen LogP contribution < -0.4 is 10.6 Å². The summed E-state index contributed by atoms with van der Waals surface area (Å²) in [5.74, 6) is 0.836. The Bertz CT molecular complexity index is 1180. The summed E-state index contributed by atoms with van der Waals surface area (Å²) in [6, 6.07) is 16.8. The van der Waals surface area contributed by atoms with Crippen LogP contribution in [-0.4, -0.2) is 16.0 Å². The molecule has 6 nitrogen and oxygen atoms in total. The summed E-state index contributed by atoms with van der Waals surface area (Å²) in [5.41, 5.74) is 4.47. The number of nitrogens with zero attached hydrogens (tertiary/aromatic N) is 1. The molecule has 2 N–H and O–H groups in total. The number of aromatic nitrogens is 1. The number of carbonyl (C=O) groups excluding carboxylic acids is 1. The van der Waals surface area contributed by atoms with Crippen LogP contribution in [0.5, 0.6) is 0 Å². The number of oxazole rings is 1. The Hall–Kier alpha value is -3.45. The zero-order chi connectivity index (χ0) is 21.1. The molecule has 0 fully saturated rings. The standard InChI is InChI=1S/C23H21N3O3S/c1-3-14(2)16-8-11-19-18(13-16)25-22(29-19)15-6-9-17(10-7-15)24-23(30)26-21(27)20-5-4-12-28-20/h4-14H,3H2,1-2H3,(H2,24,26,27,30)/t14-/m0/s1. The summed E-state index contributed by atoms with van der Waals surface area (Å²) < 4.78 is 11.0. The fourth-order valence-corrected chi connectivity index (χ4v) is 3.25. The molecule has 1 atom stereocenters. The largest absolute Gasteiger partial charge is 0.459 e. The van der Waals surface area contributed by atoms with E-state index in [4.69, 9.17) is 21.1 Å². The van der Waals surface area contributed by atoms with Crippen LogP contribution in [0.25, 0.3) is 22.6 Å². The van der Waals surface area contributed by atoms with Crippen LogP contribution in [0.3, 0.4) is 0 Å². The van der Waals surface area contributed by atoms with Crippen molar-refractivity contribution in [2.45, 2.75) is 26.2 Å². The minimum absolute atomic E-state index is 0.184. The Morgan fingerprint density at radius 1 is 1.17 bits per heavy atom. The highest BCUT2D eigenvalue weighted by Crippen LogP contribution is 2.28. The second-order valence-corrected chi connectivity index (χ2v) is 7.43. The van der Waals surface area contributed by atoms with E-state index in [9.17, 15) is 4.79 Å². The average molecular weight is 420 g/mol. The van der Waals surface area contributed by atoms with Crippen molar-refractivity contribution < 1.29 is 13.6 Å². The number of furan rings is 1. The number of hydrogen-bond acceptors (Lipinski definition) is 5. The number of fused-ring (bicyclic) bond motifs is 1. The van der Waals surface area contributed by atoms with Crippen molar-refractivity contribution in [2.75, 3.05) is 5.32 Å². The van der Waals surface area contributed by atoms with E-state index in [1.54, 1.807) is 12.1 Å². The van der Waals surface area contributed by atoms with E-state index in [1.165, 1.54) is 11.8 Å². The van der Waals surface area contributed by atoms with Gasteiger partial charge in [0.05, 0.1) is 6.26 Å². The minimum atomic E-state index is -0.405. The molecule has 0 aliphatic carbocycles. The Labute approximate surface area is 179 Å². The summed E-state index contributed by atoms with van der Waals surface area (Å²) >= 11 is 5.18. The summed E-state index contributed by atoms with van der Waals surface area (Å²) in [5, 5.41) is 5.73. The molecule has 152 valence electrons. The van der Waals surface area contributed by atoms with Crippen molar-refractivity contribution in [1.82, 2.24) is 10.3 Å². The van der Waals surface area contributed by atoms with E-state index in [-0.39, 0.29) is 10.9 Å². The van der Waals surface area contributed by atoms with Gasteiger partial charge >= 0.3 is 0 Å². The second-order valence-electron chi connectivity index (χ2n) is 7.02. The molecule has 2 aromatic heterocycles. The van der Waals surface area contributed by atoms with E-state index in [1.807, 2.05) is 30.3 Å². The highest BCUT2D eigenvalue weighted by Gasteiger charge is 2.12. The number of rotatable bonds is 5. The quantitative estimate of drug-likeness (QED) is 0.402. The van der Waals surface area contributed by atoms with Gasteiger partial charge in [-0.15, -0.1) is 0 Å². The molecule has 2 aromatic carbocycles. The van der Waals surface area contributed by atoms with Crippen molar-refractivity contribution in [2.24, 2.45) is 0 Å². The lowest BCUT2D eigenvalue weighted by atomic mass is 9.98. The molecule has 0 spiro atoms. The van der Waals surface area contributed by atoms with E-state index in [0.717, 1.165) is 28.8 Å². The number of benzene rings is 2. The Morgan fingerprint density at radius 2 is 1.97 bits per heavy atom. The van der Waals surface area contributed by atoms with Crippen LogP contribution in [0, 0.1) is 0 Å². The molecular formula is C23H21N3O3S. The maximum Gasteiger partial charge on any atom is 0.293 e. The first-order valence-corrected chi connectivity index (χ1v) is 10.1. The molecule has 4 aromatic rings. The fourth-order valence-electron chi connectivity index (χ4n) is 3.04. The summed E-state index contributed by atoms with van der Waals surface area (Å²) in [6.45, 7) is 4.38. The molecule has 0 radical (unpaired) electrons. The SMILES string of the molecule is CC[C@H](C)c1ccc2oc(-c3ccc(NC(=S)NC(=O)c4ccco4)cc3)nc2c1. The molecule has 30 heavy (non-hydrogen) atoms. The third kappa shape index (κ3) is 4.26. The molecule has 0 saturated heterocycles. The molecule has 1 amide bonds. The first kappa shape index (κ1) is 19.8. The van der Waals surface area contributed by atoms with Crippen molar-refractivity contribution in [1.29, 1.82) is 0 Å². The molecule has 0 unspecified atom stereocenters. The Kier molecular flexibility index (Phi) is 5.63. The van der Waals surface area contributed by atoms with Gasteiger partial charge in [0.15, 0.2) is 16.5 Å². The zero-order valence-electron chi connectivity index (χ0n) is 16.6. The molecule has 0 bridgehead atoms. The number of hydrogen-bond donors (Lipinski definition) is 2. The number of nitrogens with one attached hydrogen (secondary N) is 2. The van der Waals surface area contributed by atoms with Gasteiger partial charge in [0, 0.05) is 11.3 Å². The Morgan fingerprint density at radius 3 is 2.67 bits per heavy atom. The zero-order valence-corrected chi connectivity index (χ0v) is 17.5. The third-order valence-corrected chi connectivity index (χ3v) is 5.16. The third-order valence-electron chi connectivity index (χ3n) is 4.95. The maximum atomic E-state index is 12.0. The lowest BCUT2D eigenvalue weighted by Gasteiger charge is -2.08. The van der Waals surface area contributed by atoms with Crippen LogP contribution in [0.1, 0.15) is 42.3 Å². The summed E-state index contributed by atoms with van der Waals surface area (Å²) in [4.78, 5) is 16.6. The summed E-state index contributed by atoms with van der Waals surface area (Å²) in [7, 11) is 0. The van der Waals surface area contributed by atoms with Gasteiger partial charge in [-0.1, -0.05) is 19.9 Å². The predicted octanol–water partition coefficient (Wildman–Crippen LogP) is 5.73. The minimum Gasteiger partial charge on any atom is -0.459 e. The van der Waals surface area contributed by atoms with Crippen LogP contribution in [0.2, 0.25) is 0 Å². The van der Waals surface area contributed by atoms with Crippen molar-refractivity contribution in [3.63, 3.8) is 0 Å². The average Bonchev–Trinajstić information content (AvgIpc) is 3.43. The normalized spacial score (nSPS) is 11.9. The van der Waals surface area contributed by atoms with Crippen LogP contribution in [0.4, 0.5) is 5.69 Å². The number of amides is 1. The van der Waals surface area contributed by atoms with E-state index in [0.29, 0.717) is 11.8 Å². The van der Waals surface area contributed by atoms with Crippen LogP contribution in [0.15, 0.2) is 69.7 Å². The van der Waals surface area contributed by atoms with E-state index >= 15 is 0 Å². The highest BCUT2D eigenvalue weighted by molar-refractivity contribution is 7.80. The van der Waals surface area contributed by atoms with Crippen molar-refractivity contribution in [3.05, 3.63) is 72.2 Å². The first-order valence-electron chi connectivity index (χ1n) is 9.70. The molecule has 2 heterocycles.